The second-order valence-electron chi connectivity index (χ2n) is 25.3. The molecule has 456 valence electrons. The number of hydrogen-bond acceptors (Lipinski definition) is 16. The van der Waals surface area contributed by atoms with Crippen LogP contribution in [0.2, 0.25) is 36.3 Å². The molecule has 0 spiro atoms. The molecule has 0 amide bonds. The van der Waals surface area contributed by atoms with Gasteiger partial charge >= 0.3 is 0 Å². The first-order valence-electron chi connectivity index (χ1n) is 28.6. The van der Waals surface area contributed by atoms with Crippen molar-refractivity contribution in [1.29, 1.82) is 0 Å². The van der Waals surface area contributed by atoms with Crippen LogP contribution in [-0.4, -0.2) is 112 Å². The third-order valence-electron chi connectivity index (χ3n) is 16.3. The van der Waals surface area contributed by atoms with E-state index in [0.29, 0.717) is 71.2 Å². The highest BCUT2D eigenvalue weighted by Gasteiger charge is 2.44. The molecule has 0 saturated carbocycles. The van der Waals surface area contributed by atoms with Crippen LogP contribution in [-0.2, 0) is 34.4 Å². The number of aliphatic hydroxyl groups excluding tert-OH is 2. The lowest BCUT2D eigenvalue weighted by Crippen LogP contribution is -2.46. The second kappa shape index (κ2) is 26.9. The Balaban J connectivity index is 1.07. The van der Waals surface area contributed by atoms with E-state index in [-0.39, 0.29) is 29.4 Å². The van der Waals surface area contributed by atoms with Gasteiger partial charge in [-0.3, -0.25) is 0 Å². The van der Waals surface area contributed by atoms with Crippen molar-refractivity contribution in [3.05, 3.63) is 131 Å². The van der Waals surface area contributed by atoms with Crippen LogP contribution >= 0.6 is 0 Å². The molecular weight excluding hydrogens is 1090 g/mol. The lowest BCUT2D eigenvalue weighted by molar-refractivity contribution is -0.303. The number of methoxy groups -OCH3 is 4. The molecule has 2 heterocycles. The summed E-state index contributed by atoms with van der Waals surface area (Å²) in [5, 5.41) is 22.7. The molecule has 0 radical (unpaired) electrons. The highest BCUT2D eigenvalue weighted by molar-refractivity contribution is 6.74. The fourth-order valence-corrected chi connectivity index (χ4v) is 11.7. The van der Waals surface area contributed by atoms with Crippen molar-refractivity contribution in [2.45, 2.75) is 173 Å². The Morgan fingerprint density at radius 2 is 1.02 bits per heavy atom. The van der Waals surface area contributed by atoms with Crippen LogP contribution in [0.15, 0.2) is 103 Å². The molecule has 5 aromatic rings. The Kier molecular flexibility index (Phi) is 21.1. The molecule has 2 aliphatic rings. The van der Waals surface area contributed by atoms with Crippen LogP contribution in [0.5, 0.6) is 46.0 Å². The van der Waals surface area contributed by atoms with E-state index in [1.54, 1.807) is 45.6 Å². The number of hydrogen-bond donors (Lipinski definition) is 2. The zero-order chi connectivity index (χ0) is 60.7. The lowest BCUT2D eigenvalue weighted by Gasteiger charge is -2.42. The van der Waals surface area contributed by atoms with Gasteiger partial charge in [-0.05, 0) is 147 Å². The van der Waals surface area contributed by atoms with E-state index in [2.05, 4.69) is 67.7 Å². The third kappa shape index (κ3) is 16.3. The molecule has 2 fully saturated rings. The zero-order valence-electron chi connectivity index (χ0n) is 52.2. The van der Waals surface area contributed by atoms with E-state index in [9.17, 15) is 10.2 Å². The van der Waals surface area contributed by atoms with Crippen LogP contribution < -0.4 is 37.9 Å². The molecule has 2 aliphatic heterocycles. The van der Waals surface area contributed by atoms with Crippen molar-refractivity contribution in [3.8, 4) is 46.0 Å². The lowest BCUT2D eigenvalue weighted by atomic mass is 10.0. The van der Waals surface area contributed by atoms with Crippen molar-refractivity contribution in [1.82, 2.24) is 0 Å². The largest absolute Gasteiger partial charge is 0.493 e. The maximum Gasteiger partial charge on any atom is 0.192 e. The Labute approximate surface area is 495 Å². The van der Waals surface area contributed by atoms with Crippen LogP contribution in [0.4, 0.5) is 0 Å². The average molecular weight is 1190 g/mol. The molecule has 2 N–H and O–H groups in total. The van der Waals surface area contributed by atoms with Crippen LogP contribution in [0.3, 0.4) is 0 Å². The molecule has 16 nitrogen and oxygen atoms in total. The van der Waals surface area contributed by atoms with Crippen molar-refractivity contribution >= 4 is 16.6 Å². The van der Waals surface area contributed by atoms with E-state index in [1.165, 1.54) is 7.11 Å². The summed E-state index contributed by atoms with van der Waals surface area (Å²) in [5.41, 5.74) is 3.95. The van der Waals surface area contributed by atoms with Gasteiger partial charge in [-0.25, -0.2) is 0 Å². The van der Waals surface area contributed by atoms with Crippen LogP contribution in [0, 0.1) is 0 Å². The van der Waals surface area contributed by atoms with Crippen molar-refractivity contribution in [3.63, 3.8) is 0 Å². The monoisotopic (exact) mass is 1180 g/mol. The van der Waals surface area contributed by atoms with Gasteiger partial charge in [-0.1, -0.05) is 96.1 Å². The predicted octanol–water partition coefficient (Wildman–Crippen LogP) is 13.8. The molecule has 0 aromatic heterocycles. The zero-order valence-corrected chi connectivity index (χ0v) is 54.2. The molecule has 5 aromatic carbocycles. The van der Waals surface area contributed by atoms with Crippen LogP contribution in [0.25, 0.3) is 0 Å². The Bertz CT molecular complexity index is 2900. The number of rotatable bonds is 25. The summed E-state index contributed by atoms with van der Waals surface area (Å²) in [6.07, 6.45) is -4.46. The average Bonchev–Trinajstić information content (AvgIpc) is 3.56. The van der Waals surface area contributed by atoms with Crippen molar-refractivity contribution in [2.24, 2.45) is 0 Å². The van der Waals surface area contributed by atoms with Gasteiger partial charge in [0.25, 0.3) is 0 Å². The van der Waals surface area contributed by atoms with Gasteiger partial charge in [-0.15, -0.1) is 0 Å². The van der Waals surface area contributed by atoms with E-state index < -0.39 is 71.4 Å². The van der Waals surface area contributed by atoms with Gasteiger partial charge in [0.15, 0.2) is 92.5 Å². The number of ether oxygens (including phenoxy) is 12. The minimum Gasteiger partial charge on any atom is -0.493 e. The Morgan fingerprint density at radius 1 is 0.566 bits per heavy atom. The normalized spacial score (nSPS) is 20.3. The van der Waals surface area contributed by atoms with E-state index in [0.717, 1.165) is 22.3 Å². The predicted molar refractivity (Wildman–Crippen MR) is 325 cm³/mol. The third-order valence-corrected chi connectivity index (χ3v) is 25.3. The quantitative estimate of drug-likeness (QED) is 0.0529. The number of aliphatic hydroxyl groups is 2. The SMILES string of the molecule is COc1cc([C@@H]2OC(C)(C)OC[C@H]2Oc2ccc([C@@H]3OC(C)(C)OC[C@H]3Oc3ccc([C@H](O)[C@@H](CO)Oc4ccc(C(CCO[Si](C)(C)C(C)(C)C)O[Si](C)(C)C(C)(C)C)cc4OC)cc3OC)cc2OC)ccc1OCc1ccccc1. The molecule has 1 unspecified atom stereocenters. The fourth-order valence-electron chi connectivity index (χ4n) is 9.32. The van der Waals surface area contributed by atoms with Crippen molar-refractivity contribution < 1.29 is 75.9 Å². The first-order chi connectivity index (χ1) is 39.0. The summed E-state index contributed by atoms with van der Waals surface area (Å²) < 4.78 is 88.7. The first kappa shape index (κ1) is 65.2. The van der Waals surface area contributed by atoms with Gasteiger partial charge in [0, 0.05) is 6.61 Å². The maximum absolute atomic E-state index is 11.9. The van der Waals surface area contributed by atoms with Gasteiger partial charge in [0.2, 0.25) is 0 Å². The second-order valence-corrected chi connectivity index (χ2v) is 34.8. The molecule has 7 rings (SSSR count). The molecule has 83 heavy (non-hydrogen) atoms. The molecule has 2 saturated heterocycles. The summed E-state index contributed by atoms with van der Waals surface area (Å²) in [5.74, 6) is 1.71. The van der Waals surface area contributed by atoms with E-state index >= 15 is 0 Å². The smallest absolute Gasteiger partial charge is 0.192 e. The molecule has 7 atom stereocenters. The first-order valence-corrected chi connectivity index (χ1v) is 34.5. The highest BCUT2D eigenvalue weighted by Crippen LogP contribution is 2.46. The Morgan fingerprint density at radius 3 is 1.54 bits per heavy atom. The summed E-state index contributed by atoms with van der Waals surface area (Å²) in [7, 11) is 2.05. The van der Waals surface area contributed by atoms with Gasteiger partial charge in [0.1, 0.15) is 24.9 Å². The summed E-state index contributed by atoms with van der Waals surface area (Å²) in [6, 6.07) is 32.1. The van der Waals surface area contributed by atoms with Crippen molar-refractivity contribution in [2.75, 3.05) is 54.9 Å². The maximum atomic E-state index is 11.9. The minimum atomic E-state index is -2.23. The van der Waals surface area contributed by atoms with Gasteiger partial charge < -0.3 is 75.9 Å². The fraction of sp³-hybridized carbons (Fsp3) is 0.538. The summed E-state index contributed by atoms with van der Waals surface area (Å²) >= 11 is 0. The highest BCUT2D eigenvalue weighted by atomic mass is 28.4. The minimum absolute atomic E-state index is 0.0222. The summed E-state index contributed by atoms with van der Waals surface area (Å²) in [6.45, 7) is 30.7. The standard InChI is InChI=1S/C65H92O16Si2/c1-62(2,3)82(15,16)75-33-32-47(81-83(17,18)63(4,5)6)43-24-29-49(53(34-43)69-12)76-56(38-66)59(67)44-25-30-50(54(35-44)70-13)77-58-41-74-65(9,10)80-61(58)46-27-31-51(55(37-46)71-14)78-57-40-73-64(7,8)79-60(57)45-26-28-48(52(36-45)68-11)72-39-42-22-20-19-21-23-42/h19-31,34-37,47,56-61,66-67H,32-33,38-41H2,1-18H3/t47?,56-,57-,58-,59+,60+,61+/m1/s1. The van der Waals surface area contributed by atoms with E-state index in [1.807, 2.05) is 107 Å². The number of benzene rings is 5. The Hall–Kier alpha value is -5.39. The topological polar surface area (TPSA) is 170 Å². The molecule has 18 heteroatoms. The molecule has 0 aliphatic carbocycles. The van der Waals surface area contributed by atoms with Crippen LogP contribution in [0.1, 0.15) is 128 Å². The molecular formula is C65H92O16Si2. The van der Waals surface area contributed by atoms with E-state index in [4.69, 9.17) is 65.7 Å². The molecule has 0 bridgehead atoms. The van der Waals surface area contributed by atoms with Gasteiger partial charge in [0.05, 0.1) is 54.4 Å². The van der Waals surface area contributed by atoms with Gasteiger partial charge in [-0.2, -0.15) is 0 Å². The summed E-state index contributed by atoms with van der Waals surface area (Å²) in [4.78, 5) is 0.